The summed E-state index contributed by atoms with van der Waals surface area (Å²) < 4.78 is 36.3. The molecular formula is C17H9ClF2O4. The largest absolute Gasteiger partial charge is 0.454 e. The van der Waals surface area contributed by atoms with Gasteiger partial charge in [0, 0.05) is 5.39 Å². The van der Waals surface area contributed by atoms with Crippen molar-refractivity contribution in [3.8, 4) is 0 Å². The molecule has 0 aliphatic heterocycles. The van der Waals surface area contributed by atoms with Gasteiger partial charge in [0.2, 0.25) is 5.78 Å². The summed E-state index contributed by atoms with van der Waals surface area (Å²) in [6.45, 7) is -0.617. The van der Waals surface area contributed by atoms with E-state index in [-0.39, 0.29) is 16.3 Å². The molecule has 24 heavy (non-hydrogen) atoms. The van der Waals surface area contributed by atoms with Crippen LogP contribution in [-0.4, -0.2) is 18.4 Å². The van der Waals surface area contributed by atoms with Crippen molar-refractivity contribution >= 4 is 34.3 Å². The highest BCUT2D eigenvalue weighted by molar-refractivity contribution is 6.33. The van der Waals surface area contributed by atoms with E-state index in [1.54, 1.807) is 24.3 Å². The van der Waals surface area contributed by atoms with Crippen LogP contribution in [0.1, 0.15) is 20.9 Å². The molecule has 0 spiro atoms. The number of carbonyl (C=O) groups excluding carboxylic acids is 2. The van der Waals surface area contributed by atoms with E-state index in [1.807, 2.05) is 0 Å². The number of furan rings is 1. The highest BCUT2D eigenvalue weighted by Gasteiger charge is 2.19. The van der Waals surface area contributed by atoms with Crippen LogP contribution < -0.4 is 0 Å². The standard InChI is InChI=1S/C17H9ClF2O4/c18-11-7-13(20)12(19)6-10(11)17(22)23-8-14(21)16-5-9-3-1-2-4-15(9)24-16/h1-7H,8H2. The van der Waals surface area contributed by atoms with E-state index in [1.165, 1.54) is 6.07 Å². The molecule has 0 unspecified atom stereocenters. The maximum atomic E-state index is 13.2. The predicted molar refractivity (Wildman–Crippen MR) is 82.2 cm³/mol. The molecule has 7 heteroatoms. The summed E-state index contributed by atoms with van der Waals surface area (Å²) >= 11 is 5.67. The number of fused-ring (bicyclic) bond motifs is 1. The number of esters is 1. The molecule has 0 saturated heterocycles. The van der Waals surface area contributed by atoms with Gasteiger partial charge in [0.15, 0.2) is 24.0 Å². The molecule has 3 aromatic rings. The second kappa shape index (κ2) is 6.41. The minimum Gasteiger partial charge on any atom is -0.454 e. The summed E-state index contributed by atoms with van der Waals surface area (Å²) in [7, 11) is 0. The second-order valence-electron chi connectivity index (χ2n) is 4.89. The van der Waals surface area contributed by atoms with Crippen LogP contribution in [0.2, 0.25) is 5.02 Å². The predicted octanol–water partition coefficient (Wildman–Crippen LogP) is 4.40. The maximum absolute atomic E-state index is 13.2. The summed E-state index contributed by atoms with van der Waals surface area (Å²) in [5.41, 5.74) is 0.156. The lowest BCUT2D eigenvalue weighted by atomic mass is 10.2. The molecule has 0 saturated carbocycles. The fourth-order valence-corrected chi connectivity index (χ4v) is 2.31. The van der Waals surface area contributed by atoms with E-state index in [9.17, 15) is 18.4 Å². The Labute approximate surface area is 139 Å². The molecule has 0 aliphatic rings. The van der Waals surface area contributed by atoms with Gasteiger partial charge in [0.1, 0.15) is 5.58 Å². The number of carbonyl (C=O) groups is 2. The molecule has 0 fully saturated rings. The van der Waals surface area contributed by atoms with Crippen molar-refractivity contribution in [1.29, 1.82) is 0 Å². The van der Waals surface area contributed by atoms with Crippen LogP contribution in [0.5, 0.6) is 0 Å². The molecule has 0 atom stereocenters. The van der Waals surface area contributed by atoms with Gasteiger partial charge in [-0.3, -0.25) is 4.79 Å². The van der Waals surface area contributed by atoms with E-state index in [2.05, 4.69) is 0 Å². The van der Waals surface area contributed by atoms with Crippen molar-refractivity contribution in [3.05, 3.63) is 70.4 Å². The van der Waals surface area contributed by atoms with Gasteiger partial charge < -0.3 is 9.15 Å². The molecule has 0 radical (unpaired) electrons. The van der Waals surface area contributed by atoms with Gasteiger partial charge in [0.05, 0.1) is 10.6 Å². The van der Waals surface area contributed by atoms with Gasteiger partial charge in [-0.1, -0.05) is 29.8 Å². The van der Waals surface area contributed by atoms with E-state index < -0.39 is 30.0 Å². The average Bonchev–Trinajstić information content (AvgIpc) is 2.99. The summed E-state index contributed by atoms with van der Waals surface area (Å²) in [4.78, 5) is 23.9. The Morgan fingerprint density at radius 2 is 1.79 bits per heavy atom. The van der Waals surface area contributed by atoms with Crippen LogP contribution in [0.25, 0.3) is 11.0 Å². The van der Waals surface area contributed by atoms with E-state index in [4.69, 9.17) is 20.8 Å². The van der Waals surface area contributed by atoms with Gasteiger partial charge >= 0.3 is 5.97 Å². The number of benzene rings is 2. The highest BCUT2D eigenvalue weighted by atomic mass is 35.5. The molecule has 0 N–H and O–H groups in total. The number of hydrogen-bond acceptors (Lipinski definition) is 4. The molecule has 3 rings (SSSR count). The number of rotatable bonds is 4. The molecule has 2 aromatic carbocycles. The van der Waals surface area contributed by atoms with Crippen molar-refractivity contribution in [2.75, 3.05) is 6.61 Å². The van der Waals surface area contributed by atoms with Gasteiger partial charge in [-0.15, -0.1) is 0 Å². The molecule has 1 aromatic heterocycles. The van der Waals surface area contributed by atoms with Crippen LogP contribution in [0.4, 0.5) is 8.78 Å². The first-order chi connectivity index (χ1) is 11.5. The summed E-state index contributed by atoms with van der Waals surface area (Å²) in [6, 6.07) is 9.81. The molecule has 0 amide bonds. The Bertz CT molecular complexity index is 916. The van der Waals surface area contributed by atoms with Gasteiger partial charge in [-0.25, -0.2) is 13.6 Å². The third-order valence-electron chi connectivity index (χ3n) is 3.26. The molecule has 0 aliphatic carbocycles. The topological polar surface area (TPSA) is 56.5 Å². The highest BCUT2D eigenvalue weighted by Crippen LogP contribution is 2.22. The SMILES string of the molecule is O=C(COC(=O)c1cc(F)c(F)cc1Cl)c1cc2ccccc2o1. The fourth-order valence-electron chi connectivity index (χ4n) is 2.08. The Balaban J connectivity index is 1.72. The molecule has 1 heterocycles. The summed E-state index contributed by atoms with van der Waals surface area (Å²) in [5, 5.41) is 0.422. The third-order valence-corrected chi connectivity index (χ3v) is 3.58. The molecule has 0 bridgehead atoms. The van der Waals surface area contributed by atoms with Crippen molar-refractivity contribution in [1.82, 2.24) is 0 Å². The number of Topliss-reactive ketones (excluding diaryl/α,β-unsaturated/α-hetero) is 1. The zero-order valence-corrected chi connectivity index (χ0v) is 12.8. The number of ketones is 1. The zero-order valence-electron chi connectivity index (χ0n) is 12.0. The van der Waals surface area contributed by atoms with Crippen LogP contribution in [-0.2, 0) is 4.74 Å². The van der Waals surface area contributed by atoms with Crippen LogP contribution in [0.3, 0.4) is 0 Å². The minimum atomic E-state index is -1.24. The van der Waals surface area contributed by atoms with Crippen molar-refractivity contribution in [2.24, 2.45) is 0 Å². The smallest absolute Gasteiger partial charge is 0.340 e. The van der Waals surface area contributed by atoms with E-state index in [0.29, 0.717) is 17.7 Å². The van der Waals surface area contributed by atoms with Crippen molar-refractivity contribution < 1.29 is 27.5 Å². The Morgan fingerprint density at radius 1 is 1.08 bits per heavy atom. The summed E-state index contributed by atoms with van der Waals surface area (Å²) in [6.07, 6.45) is 0. The molecular weight excluding hydrogens is 342 g/mol. The minimum absolute atomic E-state index is 0.0281. The second-order valence-corrected chi connectivity index (χ2v) is 5.30. The van der Waals surface area contributed by atoms with Crippen molar-refractivity contribution in [3.63, 3.8) is 0 Å². The number of ether oxygens (including phenoxy) is 1. The Kier molecular flexibility index (Phi) is 4.31. The first kappa shape index (κ1) is 16.1. The molecule has 122 valence electrons. The van der Waals surface area contributed by atoms with Gasteiger partial charge in [-0.05, 0) is 24.3 Å². The van der Waals surface area contributed by atoms with Crippen molar-refractivity contribution in [2.45, 2.75) is 0 Å². The number of halogens is 3. The fraction of sp³-hybridized carbons (Fsp3) is 0.0588. The Morgan fingerprint density at radius 3 is 2.54 bits per heavy atom. The summed E-state index contributed by atoms with van der Waals surface area (Å²) in [5.74, 6) is -4.01. The lowest BCUT2D eigenvalue weighted by Gasteiger charge is -2.05. The quantitative estimate of drug-likeness (QED) is 0.397. The average molecular weight is 351 g/mol. The number of para-hydroxylation sites is 1. The first-order valence-electron chi connectivity index (χ1n) is 6.79. The van der Waals surface area contributed by atoms with E-state index >= 15 is 0 Å². The molecule has 4 nitrogen and oxygen atoms in total. The third kappa shape index (κ3) is 3.14. The lowest BCUT2D eigenvalue weighted by molar-refractivity contribution is 0.0468. The van der Waals surface area contributed by atoms with Crippen LogP contribution in [0.15, 0.2) is 46.9 Å². The monoisotopic (exact) mass is 350 g/mol. The number of hydrogen-bond donors (Lipinski definition) is 0. The van der Waals surface area contributed by atoms with Gasteiger partial charge in [0.25, 0.3) is 0 Å². The first-order valence-corrected chi connectivity index (χ1v) is 7.17. The van der Waals surface area contributed by atoms with Crippen LogP contribution >= 0.6 is 11.6 Å². The Hall–Kier alpha value is -2.73. The maximum Gasteiger partial charge on any atom is 0.340 e. The van der Waals surface area contributed by atoms with Crippen LogP contribution in [0, 0.1) is 11.6 Å². The zero-order chi connectivity index (χ0) is 17.3. The normalized spacial score (nSPS) is 10.8. The lowest BCUT2D eigenvalue weighted by Crippen LogP contribution is -2.14. The van der Waals surface area contributed by atoms with Gasteiger partial charge in [-0.2, -0.15) is 0 Å². The van der Waals surface area contributed by atoms with E-state index in [0.717, 1.165) is 5.39 Å².